The van der Waals surface area contributed by atoms with Crippen LogP contribution in [0, 0.1) is 17.0 Å². The van der Waals surface area contributed by atoms with Crippen molar-refractivity contribution in [3.05, 3.63) is 32.8 Å². The maximum absolute atomic E-state index is 10.8. The Kier molecular flexibility index (Phi) is 6.94. The summed E-state index contributed by atoms with van der Waals surface area (Å²) in [5.41, 5.74) is 1.47. The molecule has 2 N–H and O–H groups in total. The second-order valence-electron chi connectivity index (χ2n) is 4.86. The van der Waals surface area contributed by atoms with E-state index in [0.717, 1.165) is 37.1 Å². The summed E-state index contributed by atoms with van der Waals surface area (Å²) < 4.78 is 0. The zero-order chi connectivity index (χ0) is 15.8. The molecule has 0 spiro atoms. The van der Waals surface area contributed by atoms with Gasteiger partial charge in [-0.05, 0) is 31.4 Å². The van der Waals surface area contributed by atoms with Crippen molar-refractivity contribution < 1.29 is 14.8 Å². The van der Waals surface area contributed by atoms with E-state index in [-0.39, 0.29) is 17.1 Å². The minimum Gasteiger partial charge on any atom is -0.481 e. The predicted octanol–water partition coefficient (Wildman–Crippen LogP) is 4.00. The van der Waals surface area contributed by atoms with Crippen molar-refractivity contribution in [2.45, 2.75) is 39.0 Å². The number of carboxylic acids is 1. The molecule has 0 radical (unpaired) electrons. The van der Waals surface area contributed by atoms with E-state index in [1.165, 1.54) is 6.07 Å². The number of aliphatic carboxylic acids is 1. The number of carboxylic acid groups (broad SMARTS) is 1. The van der Waals surface area contributed by atoms with Crippen LogP contribution in [0.1, 0.15) is 37.7 Å². The van der Waals surface area contributed by atoms with Crippen LogP contribution in [0.2, 0.25) is 5.02 Å². The van der Waals surface area contributed by atoms with Gasteiger partial charge < -0.3 is 10.4 Å². The first-order valence-corrected chi connectivity index (χ1v) is 7.20. The quantitative estimate of drug-likeness (QED) is 0.408. The highest BCUT2D eigenvalue weighted by Crippen LogP contribution is 2.30. The summed E-state index contributed by atoms with van der Waals surface area (Å²) in [5.74, 6) is -0.760. The molecule has 0 bridgehead atoms. The van der Waals surface area contributed by atoms with Crippen molar-refractivity contribution in [2.24, 2.45) is 0 Å². The first-order valence-electron chi connectivity index (χ1n) is 6.82. The zero-order valence-electron chi connectivity index (χ0n) is 11.9. The Morgan fingerprint density at radius 2 is 2.00 bits per heavy atom. The third-order valence-electron chi connectivity index (χ3n) is 3.12. The highest BCUT2D eigenvalue weighted by molar-refractivity contribution is 6.33. The Bertz CT molecular complexity index is 520. The van der Waals surface area contributed by atoms with Gasteiger partial charge in [0.15, 0.2) is 0 Å². The van der Waals surface area contributed by atoms with E-state index in [2.05, 4.69) is 5.32 Å². The lowest BCUT2D eigenvalue weighted by molar-refractivity contribution is -0.384. The number of rotatable bonds is 9. The van der Waals surface area contributed by atoms with Gasteiger partial charge in [0, 0.05) is 24.7 Å². The zero-order valence-corrected chi connectivity index (χ0v) is 12.7. The standard InChI is InChI=1S/C14H19ClN2O4/c1-10-8-13(17(20)21)11(15)9-12(10)16-7-5-3-2-4-6-14(18)19/h8-9,16H,2-7H2,1H3,(H,18,19). The number of hydrogen-bond donors (Lipinski definition) is 2. The highest BCUT2D eigenvalue weighted by Gasteiger charge is 2.14. The number of halogens is 1. The lowest BCUT2D eigenvalue weighted by Crippen LogP contribution is -2.04. The van der Waals surface area contributed by atoms with Gasteiger partial charge in [-0.2, -0.15) is 0 Å². The lowest BCUT2D eigenvalue weighted by Gasteiger charge is -2.10. The second kappa shape index (κ2) is 8.46. The number of nitrogens with zero attached hydrogens (tertiary/aromatic N) is 1. The maximum atomic E-state index is 10.8. The van der Waals surface area contributed by atoms with E-state index in [1.807, 2.05) is 0 Å². The minimum absolute atomic E-state index is 0.0895. The molecule has 0 heterocycles. The topological polar surface area (TPSA) is 92.5 Å². The smallest absolute Gasteiger partial charge is 0.303 e. The van der Waals surface area contributed by atoms with Crippen molar-refractivity contribution in [1.82, 2.24) is 0 Å². The molecular formula is C14H19ClN2O4. The molecule has 1 aromatic carbocycles. The first kappa shape index (κ1) is 17.2. The number of benzene rings is 1. The molecule has 0 aromatic heterocycles. The van der Waals surface area contributed by atoms with Gasteiger partial charge in [-0.25, -0.2) is 0 Å². The van der Waals surface area contributed by atoms with Gasteiger partial charge in [-0.1, -0.05) is 24.4 Å². The van der Waals surface area contributed by atoms with Crippen molar-refractivity contribution in [1.29, 1.82) is 0 Å². The Morgan fingerprint density at radius 1 is 1.33 bits per heavy atom. The summed E-state index contributed by atoms with van der Waals surface area (Å²) in [6.45, 7) is 2.51. The molecule has 0 fully saturated rings. The van der Waals surface area contributed by atoms with Gasteiger partial charge in [0.1, 0.15) is 5.02 Å². The van der Waals surface area contributed by atoms with Gasteiger partial charge >= 0.3 is 5.97 Å². The maximum Gasteiger partial charge on any atom is 0.303 e. The number of nitrogens with one attached hydrogen (secondary N) is 1. The van der Waals surface area contributed by atoms with Crippen molar-refractivity contribution in [3.8, 4) is 0 Å². The van der Waals surface area contributed by atoms with Crippen LogP contribution in [0.3, 0.4) is 0 Å². The monoisotopic (exact) mass is 314 g/mol. The van der Waals surface area contributed by atoms with Crippen LogP contribution in [-0.4, -0.2) is 22.5 Å². The first-order chi connectivity index (χ1) is 9.91. The number of carbonyl (C=O) groups is 1. The molecule has 116 valence electrons. The fraction of sp³-hybridized carbons (Fsp3) is 0.500. The molecule has 6 nitrogen and oxygen atoms in total. The number of nitro groups is 1. The Morgan fingerprint density at radius 3 is 2.62 bits per heavy atom. The van der Waals surface area contributed by atoms with Crippen LogP contribution in [0.15, 0.2) is 12.1 Å². The fourth-order valence-corrected chi connectivity index (χ4v) is 2.21. The lowest BCUT2D eigenvalue weighted by atomic mass is 10.1. The molecule has 0 saturated carbocycles. The van der Waals surface area contributed by atoms with E-state index >= 15 is 0 Å². The molecule has 21 heavy (non-hydrogen) atoms. The highest BCUT2D eigenvalue weighted by atomic mass is 35.5. The summed E-state index contributed by atoms with van der Waals surface area (Å²) in [6.07, 6.45) is 3.64. The summed E-state index contributed by atoms with van der Waals surface area (Å²) in [7, 11) is 0. The van der Waals surface area contributed by atoms with Crippen molar-refractivity contribution in [2.75, 3.05) is 11.9 Å². The van der Waals surface area contributed by atoms with E-state index in [9.17, 15) is 14.9 Å². The predicted molar refractivity (Wildman–Crippen MR) is 82.1 cm³/mol. The molecule has 0 aliphatic heterocycles. The minimum atomic E-state index is -0.760. The molecule has 0 unspecified atom stereocenters. The van der Waals surface area contributed by atoms with E-state index in [1.54, 1.807) is 13.0 Å². The van der Waals surface area contributed by atoms with E-state index in [4.69, 9.17) is 16.7 Å². The Labute approximate surface area is 128 Å². The molecule has 7 heteroatoms. The van der Waals surface area contributed by atoms with E-state index < -0.39 is 10.9 Å². The number of aryl methyl sites for hydroxylation is 1. The van der Waals surface area contributed by atoms with Gasteiger partial charge in [-0.15, -0.1) is 0 Å². The van der Waals surface area contributed by atoms with Gasteiger partial charge in [0.2, 0.25) is 0 Å². The van der Waals surface area contributed by atoms with Crippen LogP contribution < -0.4 is 5.32 Å². The van der Waals surface area contributed by atoms with Crippen LogP contribution in [0.5, 0.6) is 0 Å². The van der Waals surface area contributed by atoms with Gasteiger partial charge in [-0.3, -0.25) is 14.9 Å². The summed E-state index contributed by atoms with van der Waals surface area (Å²) in [5, 5.41) is 22.6. The average molecular weight is 315 g/mol. The van der Waals surface area contributed by atoms with Crippen LogP contribution in [-0.2, 0) is 4.79 Å². The molecule has 0 amide bonds. The van der Waals surface area contributed by atoms with Gasteiger partial charge in [0.05, 0.1) is 4.92 Å². The number of anilines is 1. The van der Waals surface area contributed by atoms with Crippen LogP contribution >= 0.6 is 11.6 Å². The number of nitro benzene ring substituents is 1. The molecule has 1 rings (SSSR count). The average Bonchev–Trinajstić information content (AvgIpc) is 2.40. The molecule has 0 aliphatic rings. The SMILES string of the molecule is Cc1cc([N+](=O)[O-])c(Cl)cc1NCCCCCCC(=O)O. The number of unbranched alkanes of at least 4 members (excludes halogenated alkanes) is 3. The van der Waals surface area contributed by atoms with Crippen molar-refractivity contribution in [3.63, 3.8) is 0 Å². The van der Waals surface area contributed by atoms with Gasteiger partial charge in [0.25, 0.3) is 5.69 Å². The molecule has 1 aromatic rings. The number of hydrogen-bond acceptors (Lipinski definition) is 4. The molecular weight excluding hydrogens is 296 g/mol. The van der Waals surface area contributed by atoms with E-state index in [0.29, 0.717) is 6.42 Å². The molecule has 0 saturated heterocycles. The third kappa shape index (κ3) is 5.99. The van der Waals surface area contributed by atoms with Crippen molar-refractivity contribution >= 4 is 28.9 Å². The normalized spacial score (nSPS) is 10.4. The summed E-state index contributed by atoms with van der Waals surface area (Å²) in [4.78, 5) is 20.6. The summed E-state index contributed by atoms with van der Waals surface area (Å²) in [6, 6.07) is 3.02. The molecule has 0 aliphatic carbocycles. The molecule has 0 atom stereocenters. The third-order valence-corrected chi connectivity index (χ3v) is 3.43. The van der Waals surface area contributed by atoms with Crippen LogP contribution in [0.4, 0.5) is 11.4 Å². The summed E-state index contributed by atoms with van der Waals surface area (Å²) >= 11 is 5.87. The fourth-order valence-electron chi connectivity index (χ4n) is 1.97. The second-order valence-corrected chi connectivity index (χ2v) is 5.27. The van der Waals surface area contributed by atoms with Crippen LogP contribution in [0.25, 0.3) is 0 Å². The largest absolute Gasteiger partial charge is 0.481 e. The Hall–Kier alpha value is -1.82. The Balaban J connectivity index is 2.37.